The lowest BCUT2D eigenvalue weighted by atomic mass is 9.49. The van der Waals surface area contributed by atoms with Gasteiger partial charge < -0.3 is 15.4 Å². The number of carbonyl (C=O) groups is 2. The third-order valence-corrected chi connectivity index (χ3v) is 5.91. The number of alkyl halides is 3. The number of ether oxygens (including phenoxy) is 1. The summed E-state index contributed by atoms with van der Waals surface area (Å²) in [6, 6.07) is 8.75. The fourth-order valence-electron chi connectivity index (χ4n) is 4.07. The van der Waals surface area contributed by atoms with E-state index in [1.807, 2.05) is 23.5 Å². The molecular formula is C24H25B6F4N5O3. The summed E-state index contributed by atoms with van der Waals surface area (Å²) in [4.78, 5) is 30.3. The Bertz CT molecular complexity index is 1670. The lowest BCUT2D eigenvalue weighted by Gasteiger charge is -2.23. The van der Waals surface area contributed by atoms with Crippen LogP contribution in [0.25, 0.3) is 22.0 Å². The highest BCUT2D eigenvalue weighted by Crippen LogP contribution is 2.31. The number of aromatic amines is 1. The molecule has 8 nitrogen and oxygen atoms in total. The second kappa shape index (κ2) is 11.3. The van der Waals surface area contributed by atoms with Crippen LogP contribution in [0.5, 0.6) is 5.88 Å². The van der Waals surface area contributed by atoms with Gasteiger partial charge in [-0.3, -0.25) is 14.7 Å². The number of nitrogens with one attached hydrogen (secondary N) is 3. The number of fused-ring (bicyclic) bond motifs is 1. The molecule has 3 N–H and O–H groups in total. The Morgan fingerprint density at radius 2 is 1.64 bits per heavy atom. The topological polar surface area (TPSA) is 109 Å². The Labute approximate surface area is 244 Å². The van der Waals surface area contributed by atoms with E-state index in [4.69, 9.17) is 4.74 Å². The molecule has 0 radical (unpaired) electrons. The van der Waals surface area contributed by atoms with Crippen molar-refractivity contribution < 1.29 is 31.9 Å². The van der Waals surface area contributed by atoms with Crippen molar-refractivity contribution in [2.75, 3.05) is 0 Å². The summed E-state index contributed by atoms with van der Waals surface area (Å²) in [6.45, 7) is -0.493. The summed E-state index contributed by atoms with van der Waals surface area (Å²) in [5.74, 6) is -1.94. The smallest absolute Gasteiger partial charge is 0.416 e. The number of halogens is 4. The van der Waals surface area contributed by atoms with Crippen LogP contribution in [0.15, 0.2) is 48.7 Å². The first-order valence-corrected chi connectivity index (χ1v) is 13.1. The quantitative estimate of drug-likeness (QED) is 0.165. The number of benzene rings is 2. The number of pyridine rings is 1. The predicted molar refractivity (Wildman–Crippen MR) is 167 cm³/mol. The van der Waals surface area contributed by atoms with Gasteiger partial charge in [0, 0.05) is 34.6 Å². The zero-order chi connectivity index (χ0) is 31.0. The number of hydrogen-bond donors (Lipinski definition) is 3. The molecule has 0 aliphatic carbocycles. The summed E-state index contributed by atoms with van der Waals surface area (Å²) >= 11 is 0. The molecule has 0 aliphatic heterocycles. The number of nitrogens with zero attached hydrogens (tertiary/aromatic N) is 2. The van der Waals surface area contributed by atoms with Crippen molar-refractivity contribution in [1.29, 1.82) is 0 Å². The molecule has 4 aromatic rings. The maximum Gasteiger partial charge on any atom is 0.416 e. The molecule has 0 saturated heterocycles. The van der Waals surface area contributed by atoms with Crippen LogP contribution >= 0.6 is 0 Å². The number of aromatic nitrogens is 3. The van der Waals surface area contributed by atoms with Gasteiger partial charge in [-0.15, -0.1) is 0 Å². The van der Waals surface area contributed by atoms with Crippen LogP contribution in [0.4, 0.5) is 17.6 Å². The number of carbonyl (C=O) groups excluding carboxylic acids is 2. The van der Waals surface area contributed by atoms with E-state index in [1.165, 1.54) is 12.3 Å². The van der Waals surface area contributed by atoms with E-state index in [9.17, 15) is 27.2 Å². The van der Waals surface area contributed by atoms with Gasteiger partial charge in [0.2, 0.25) is 5.88 Å². The lowest BCUT2D eigenvalue weighted by molar-refractivity contribution is -0.137. The molecule has 0 saturated carbocycles. The highest BCUT2D eigenvalue weighted by Gasteiger charge is 2.31. The molecular weight excluding hydrogens is 547 g/mol. The molecule has 210 valence electrons. The summed E-state index contributed by atoms with van der Waals surface area (Å²) < 4.78 is 59.5. The number of hydrogen-bond acceptors (Lipinski definition) is 5. The minimum Gasteiger partial charge on any atom is -0.498 e. The SMILES string of the molecule is BC(B)(B)NC(=O)c1n[nH]c2cc(-c3cnc(OC(B)(B)B)c(C(=O)NCc4cc(C(F)(F)F)ccc4F)c3)ccc12. The Balaban J connectivity index is 1.66. The third kappa shape index (κ3) is 7.40. The molecule has 0 bridgehead atoms. The predicted octanol–water partition coefficient (Wildman–Crippen LogP) is -2.16. The Kier molecular flexibility index (Phi) is 8.30. The van der Waals surface area contributed by atoms with Gasteiger partial charge in [0.25, 0.3) is 11.8 Å². The molecule has 18 heteroatoms. The number of amides is 2. The van der Waals surface area contributed by atoms with Gasteiger partial charge >= 0.3 is 6.18 Å². The van der Waals surface area contributed by atoms with E-state index in [-0.39, 0.29) is 28.6 Å². The monoisotopic (exact) mass is 573 g/mol. The van der Waals surface area contributed by atoms with Crippen LogP contribution < -0.4 is 15.4 Å². The van der Waals surface area contributed by atoms with Crippen LogP contribution in [0.3, 0.4) is 0 Å². The average molecular weight is 572 g/mol. The molecule has 2 aromatic carbocycles. The largest absolute Gasteiger partial charge is 0.498 e. The van der Waals surface area contributed by atoms with Gasteiger partial charge in [0.05, 0.1) is 11.1 Å². The highest BCUT2D eigenvalue weighted by molar-refractivity contribution is 6.60. The van der Waals surface area contributed by atoms with Gasteiger partial charge in [-0.05, 0) is 47.2 Å². The first kappa shape index (κ1) is 30.9. The Morgan fingerprint density at radius 3 is 2.29 bits per heavy atom. The van der Waals surface area contributed by atoms with Crippen LogP contribution in [0.2, 0.25) is 0 Å². The van der Waals surface area contributed by atoms with Gasteiger partial charge in [-0.2, -0.15) is 18.3 Å². The molecule has 2 aromatic heterocycles. The van der Waals surface area contributed by atoms with Crippen molar-refractivity contribution >= 4 is 69.8 Å². The van der Waals surface area contributed by atoms with Crippen molar-refractivity contribution in [3.05, 3.63) is 76.9 Å². The van der Waals surface area contributed by atoms with Gasteiger partial charge in [-0.1, -0.05) is 6.07 Å². The fraction of sp³-hybridized carbons (Fsp3) is 0.167. The van der Waals surface area contributed by atoms with Crippen molar-refractivity contribution in [2.24, 2.45) is 0 Å². The summed E-state index contributed by atoms with van der Waals surface area (Å²) in [5, 5.41) is 11.8. The maximum absolute atomic E-state index is 14.3. The summed E-state index contributed by atoms with van der Waals surface area (Å²) in [5.41, 5.74) is 0.627. The second-order valence-electron chi connectivity index (χ2n) is 11.8. The van der Waals surface area contributed by atoms with E-state index in [0.717, 1.165) is 0 Å². The van der Waals surface area contributed by atoms with Crippen LogP contribution in [0.1, 0.15) is 32.0 Å². The Morgan fingerprint density at radius 1 is 0.929 bits per heavy atom. The van der Waals surface area contributed by atoms with Crippen molar-refractivity contribution in [3.8, 4) is 17.0 Å². The van der Waals surface area contributed by atoms with E-state index in [1.54, 1.807) is 41.7 Å². The van der Waals surface area contributed by atoms with Crippen LogP contribution in [-0.4, -0.2) is 84.6 Å². The van der Waals surface area contributed by atoms with E-state index >= 15 is 0 Å². The lowest BCUT2D eigenvalue weighted by Crippen LogP contribution is -2.50. The van der Waals surface area contributed by atoms with Crippen molar-refractivity contribution in [1.82, 2.24) is 25.8 Å². The molecule has 2 heterocycles. The zero-order valence-corrected chi connectivity index (χ0v) is 24.0. The van der Waals surface area contributed by atoms with Gasteiger partial charge in [0.1, 0.15) is 58.5 Å². The minimum atomic E-state index is -4.66. The zero-order valence-electron chi connectivity index (χ0n) is 24.0. The number of H-pyrrole nitrogens is 1. The maximum atomic E-state index is 14.3. The normalized spacial score (nSPS) is 12.2. The molecule has 0 atom stereocenters. The van der Waals surface area contributed by atoms with Crippen LogP contribution in [0, 0.1) is 5.82 Å². The molecule has 0 spiro atoms. The Hall–Kier alpha value is -4.09. The van der Waals surface area contributed by atoms with Crippen molar-refractivity contribution in [3.63, 3.8) is 0 Å². The third-order valence-electron chi connectivity index (χ3n) is 5.91. The van der Waals surface area contributed by atoms with Crippen molar-refractivity contribution in [2.45, 2.75) is 23.3 Å². The second-order valence-corrected chi connectivity index (χ2v) is 11.8. The first-order chi connectivity index (χ1) is 19.4. The van der Waals surface area contributed by atoms with E-state index in [2.05, 4.69) is 25.8 Å². The van der Waals surface area contributed by atoms with Gasteiger partial charge in [-0.25, -0.2) is 9.37 Å². The molecule has 4 rings (SSSR count). The van der Waals surface area contributed by atoms with Gasteiger partial charge in [0.15, 0.2) is 5.69 Å². The highest BCUT2D eigenvalue weighted by atomic mass is 19.4. The average Bonchev–Trinajstić information content (AvgIpc) is 3.29. The van der Waals surface area contributed by atoms with E-state index in [0.29, 0.717) is 40.2 Å². The van der Waals surface area contributed by atoms with Crippen LogP contribution in [-0.2, 0) is 12.7 Å². The molecule has 0 fully saturated rings. The van der Waals surface area contributed by atoms with E-state index < -0.39 is 40.5 Å². The molecule has 42 heavy (non-hydrogen) atoms. The molecule has 0 unspecified atom stereocenters. The standard InChI is InChI=1S/C24H25B6F4N5O3/c25-23(26,27)37-20(41)18-14-3-1-10(7-17(14)38-39-18)11-6-15(21(36-8-11)42-24(28,29)30)19(40)35-9-12-5-13(22(32,33)34)2-4-16(12)31/h1-8H,9,25-30H2,(H,35,40)(H,37,41)(H,38,39). The number of rotatable bonds is 8. The minimum absolute atomic E-state index is 0.00276. The fourth-order valence-corrected chi connectivity index (χ4v) is 4.07. The molecule has 0 aliphatic rings. The molecule has 2 amide bonds. The summed E-state index contributed by atoms with van der Waals surface area (Å²) in [7, 11) is 10.9. The first-order valence-electron chi connectivity index (χ1n) is 13.1. The summed E-state index contributed by atoms with van der Waals surface area (Å²) in [6.07, 6.45) is -3.15.